The van der Waals surface area contributed by atoms with Gasteiger partial charge in [0.2, 0.25) is 0 Å². The van der Waals surface area contributed by atoms with Gasteiger partial charge in [0.1, 0.15) is 0 Å². The summed E-state index contributed by atoms with van der Waals surface area (Å²) >= 11 is 0. The fourth-order valence-electron chi connectivity index (χ4n) is 3.50. The highest BCUT2D eigenvalue weighted by Crippen LogP contribution is 2.15. The number of hydrogen-bond donors (Lipinski definition) is 1. The minimum absolute atomic E-state index is 0.0128. The van der Waals surface area contributed by atoms with E-state index in [9.17, 15) is 9.59 Å². The standard InChI is InChI=1S/C21H29N5O3/c1-15-11-26(12-16(2)29-15)20(27)19-7-5-17(6-8-19)9-22-21(28)24(3)13-18-10-23-25(4)14-18/h5-8,10,14-16H,9,11-13H2,1-4H3,(H,22,28). The third-order valence-corrected chi connectivity index (χ3v) is 4.88. The number of benzene rings is 1. The van der Waals surface area contributed by atoms with Gasteiger partial charge < -0.3 is 19.9 Å². The smallest absolute Gasteiger partial charge is 0.317 e. The van der Waals surface area contributed by atoms with Crippen LogP contribution in [0.2, 0.25) is 0 Å². The van der Waals surface area contributed by atoms with Crippen molar-refractivity contribution < 1.29 is 14.3 Å². The molecule has 1 saturated heterocycles. The first kappa shape index (κ1) is 20.9. The quantitative estimate of drug-likeness (QED) is 0.834. The maximum absolute atomic E-state index is 12.7. The molecule has 0 bridgehead atoms. The molecule has 1 aliphatic heterocycles. The van der Waals surface area contributed by atoms with Crippen molar-refractivity contribution in [2.75, 3.05) is 20.1 Å². The second kappa shape index (κ2) is 9.09. The van der Waals surface area contributed by atoms with Crippen LogP contribution in [0.25, 0.3) is 0 Å². The molecule has 3 amide bonds. The molecule has 0 aliphatic carbocycles. The van der Waals surface area contributed by atoms with Crippen molar-refractivity contribution in [2.24, 2.45) is 7.05 Å². The minimum atomic E-state index is -0.162. The summed E-state index contributed by atoms with van der Waals surface area (Å²) in [7, 11) is 3.59. The molecular formula is C21H29N5O3. The molecule has 29 heavy (non-hydrogen) atoms. The fraction of sp³-hybridized carbons (Fsp3) is 0.476. The van der Waals surface area contributed by atoms with Gasteiger partial charge in [0.05, 0.1) is 24.9 Å². The number of ether oxygens (including phenoxy) is 1. The Labute approximate surface area is 171 Å². The minimum Gasteiger partial charge on any atom is -0.372 e. The lowest BCUT2D eigenvalue weighted by Crippen LogP contribution is -2.48. The van der Waals surface area contributed by atoms with E-state index in [-0.39, 0.29) is 24.1 Å². The Balaban J connectivity index is 1.51. The van der Waals surface area contributed by atoms with E-state index in [0.29, 0.717) is 31.7 Å². The first-order chi connectivity index (χ1) is 13.8. The molecular weight excluding hydrogens is 370 g/mol. The molecule has 1 fully saturated rings. The molecule has 0 radical (unpaired) electrons. The Morgan fingerprint density at radius 1 is 1.17 bits per heavy atom. The number of hydrogen-bond acceptors (Lipinski definition) is 4. The predicted octanol–water partition coefficient (Wildman–Crippen LogP) is 2.01. The third kappa shape index (κ3) is 5.57. The second-order valence-electron chi connectivity index (χ2n) is 7.70. The summed E-state index contributed by atoms with van der Waals surface area (Å²) in [4.78, 5) is 28.4. The van der Waals surface area contributed by atoms with Gasteiger partial charge in [0.15, 0.2) is 0 Å². The SMILES string of the molecule is CC1CN(C(=O)c2ccc(CNC(=O)N(C)Cc3cnn(C)c3)cc2)CC(C)O1. The van der Waals surface area contributed by atoms with Crippen molar-refractivity contribution in [1.82, 2.24) is 24.9 Å². The molecule has 8 nitrogen and oxygen atoms in total. The van der Waals surface area contributed by atoms with Crippen molar-refractivity contribution in [3.05, 3.63) is 53.3 Å². The number of aryl methyl sites for hydroxylation is 1. The summed E-state index contributed by atoms with van der Waals surface area (Å²) in [6, 6.07) is 7.22. The first-order valence-electron chi connectivity index (χ1n) is 9.82. The van der Waals surface area contributed by atoms with E-state index >= 15 is 0 Å². The summed E-state index contributed by atoms with van der Waals surface area (Å²) in [5.41, 5.74) is 2.56. The number of urea groups is 1. The zero-order chi connectivity index (χ0) is 21.0. The zero-order valence-corrected chi connectivity index (χ0v) is 17.5. The molecule has 0 saturated carbocycles. The molecule has 8 heteroatoms. The molecule has 1 aliphatic rings. The van der Waals surface area contributed by atoms with Crippen molar-refractivity contribution in [3.8, 4) is 0 Å². The van der Waals surface area contributed by atoms with Crippen LogP contribution in [0.3, 0.4) is 0 Å². The lowest BCUT2D eigenvalue weighted by molar-refractivity contribution is -0.0586. The summed E-state index contributed by atoms with van der Waals surface area (Å²) in [5, 5.41) is 7.00. The average molecular weight is 399 g/mol. The number of rotatable bonds is 5. The Hall–Kier alpha value is -2.87. The summed E-state index contributed by atoms with van der Waals surface area (Å²) in [6.07, 6.45) is 3.71. The summed E-state index contributed by atoms with van der Waals surface area (Å²) in [5.74, 6) is 0.0128. The van der Waals surface area contributed by atoms with Crippen LogP contribution < -0.4 is 5.32 Å². The number of nitrogens with one attached hydrogen (secondary N) is 1. The molecule has 2 unspecified atom stereocenters. The van der Waals surface area contributed by atoms with Crippen molar-refractivity contribution in [2.45, 2.75) is 39.1 Å². The van der Waals surface area contributed by atoms with Gasteiger partial charge >= 0.3 is 6.03 Å². The third-order valence-electron chi connectivity index (χ3n) is 4.88. The first-order valence-corrected chi connectivity index (χ1v) is 9.82. The van der Waals surface area contributed by atoms with E-state index in [2.05, 4.69) is 10.4 Å². The monoisotopic (exact) mass is 399 g/mol. The van der Waals surface area contributed by atoms with E-state index in [1.807, 2.05) is 56.3 Å². The lowest BCUT2D eigenvalue weighted by Gasteiger charge is -2.35. The molecule has 1 aromatic carbocycles. The van der Waals surface area contributed by atoms with Crippen LogP contribution in [-0.2, 0) is 24.9 Å². The Kier molecular flexibility index (Phi) is 6.53. The second-order valence-corrected chi connectivity index (χ2v) is 7.70. The molecule has 2 heterocycles. The van der Waals surface area contributed by atoms with Crippen molar-refractivity contribution >= 4 is 11.9 Å². The summed E-state index contributed by atoms with van der Waals surface area (Å²) < 4.78 is 7.40. The van der Waals surface area contributed by atoms with E-state index in [1.54, 1.807) is 22.8 Å². The van der Waals surface area contributed by atoms with Crippen LogP contribution in [0.5, 0.6) is 0 Å². The number of aromatic nitrogens is 2. The largest absolute Gasteiger partial charge is 0.372 e. The molecule has 1 N–H and O–H groups in total. The maximum atomic E-state index is 12.7. The maximum Gasteiger partial charge on any atom is 0.317 e. The number of carbonyl (C=O) groups is 2. The fourth-order valence-corrected chi connectivity index (χ4v) is 3.50. The van der Waals surface area contributed by atoms with Gasteiger partial charge in [-0.15, -0.1) is 0 Å². The van der Waals surface area contributed by atoms with Gasteiger partial charge in [0, 0.05) is 51.1 Å². The van der Waals surface area contributed by atoms with E-state index in [4.69, 9.17) is 4.74 Å². The number of nitrogens with zero attached hydrogens (tertiary/aromatic N) is 4. The molecule has 1 aromatic heterocycles. The summed E-state index contributed by atoms with van der Waals surface area (Å²) in [6.45, 7) is 6.05. The van der Waals surface area contributed by atoms with E-state index in [1.165, 1.54) is 0 Å². The lowest BCUT2D eigenvalue weighted by atomic mass is 10.1. The highest BCUT2D eigenvalue weighted by molar-refractivity contribution is 5.94. The normalized spacial score (nSPS) is 19.1. The van der Waals surface area contributed by atoms with Gasteiger partial charge in [-0.05, 0) is 31.5 Å². The van der Waals surface area contributed by atoms with Crippen LogP contribution in [0.15, 0.2) is 36.7 Å². The van der Waals surface area contributed by atoms with Gasteiger partial charge in [0.25, 0.3) is 5.91 Å². The molecule has 156 valence electrons. The van der Waals surface area contributed by atoms with Crippen LogP contribution in [0.1, 0.15) is 35.3 Å². The van der Waals surface area contributed by atoms with Gasteiger partial charge in [-0.1, -0.05) is 12.1 Å². The number of morpholine rings is 1. The Morgan fingerprint density at radius 3 is 2.41 bits per heavy atom. The zero-order valence-electron chi connectivity index (χ0n) is 17.5. The highest BCUT2D eigenvalue weighted by atomic mass is 16.5. The molecule has 2 atom stereocenters. The van der Waals surface area contributed by atoms with Crippen LogP contribution in [-0.4, -0.2) is 63.9 Å². The predicted molar refractivity (Wildman–Crippen MR) is 109 cm³/mol. The van der Waals surface area contributed by atoms with Gasteiger partial charge in [-0.25, -0.2) is 4.79 Å². The molecule has 0 spiro atoms. The highest BCUT2D eigenvalue weighted by Gasteiger charge is 2.26. The Morgan fingerprint density at radius 2 is 1.83 bits per heavy atom. The van der Waals surface area contributed by atoms with Crippen molar-refractivity contribution in [3.63, 3.8) is 0 Å². The number of amides is 3. The average Bonchev–Trinajstić information content (AvgIpc) is 3.09. The van der Waals surface area contributed by atoms with Crippen LogP contribution >= 0.6 is 0 Å². The molecule has 2 aromatic rings. The topological polar surface area (TPSA) is 79.7 Å². The van der Waals surface area contributed by atoms with E-state index in [0.717, 1.165) is 11.1 Å². The van der Waals surface area contributed by atoms with Gasteiger partial charge in [-0.3, -0.25) is 9.48 Å². The van der Waals surface area contributed by atoms with Crippen molar-refractivity contribution in [1.29, 1.82) is 0 Å². The van der Waals surface area contributed by atoms with Gasteiger partial charge in [-0.2, -0.15) is 5.10 Å². The van der Waals surface area contributed by atoms with E-state index < -0.39 is 0 Å². The molecule has 3 rings (SSSR count). The van der Waals surface area contributed by atoms with Crippen LogP contribution in [0.4, 0.5) is 4.79 Å². The number of carbonyl (C=O) groups excluding carboxylic acids is 2. The Bertz CT molecular complexity index is 838. The van der Waals surface area contributed by atoms with Crippen LogP contribution in [0, 0.1) is 0 Å².